The molecule has 0 aliphatic heterocycles. The summed E-state index contributed by atoms with van der Waals surface area (Å²) in [5.74, 6) is -1.01. The number of carbonyl (C=O) groups excluding carboxylic acids is 2. The van der Waals surface area contributed by atoms with Crippen LogP contribution < -0.4 is 0 Å². The molecule has 0 heterocycles. The first-order valence-corrected chi connectivity index (χ1v) is 26.7. The zero-order valence-electron chi connectivity index (χ0n) is 40.0. The monoisotopic (exact) mass is 909 g/mol. The number of aliphatic hydroxyl groups excluding tert-OH is 2. The predicted molar refractivity (Wildman–Crippen MR) is 260 cm³/mol. The predicted octanol–water partition coefficient (Wildman–Crippen LogP) is 14.2. The van der Waals surface area contributed by atoms with Gasteiger partial charge in [0, 0.05) is 12.8 Å². The minimum atomic E-state index is -4.64. The first-order chi connectivity index (χ1) is 30.7. The highest BCUT2D eigenvalue weighted by Crippen LogP contribution is 2.43. The van der Waals surface area contributed by atoms with Crippen LogP contribution in [0.25, 0.3) is 0 Å². The number of aliphatic hydroxyl groups is 2. The average molecular weight is 909 g/mol. The van der Waals surface area contributed by atoms with Crippen molar-refractivity contribution in [1.82, 2.24) is 0 Å². The Labute approximate surface area is 385 Å². The highest BCUT2D eigenvalue weighted by Gasteiger charge is 2.27. The Morgan fingerprint density at radius 3 is 1.30 bits per heavy atom. The van der Waals surface area contributed by atoms with Crippen LogP contribution in [-0.2, 0) is 32.7 Å². The molecular formula is C52H93O10P. The number of hydrogen-bond acceptors (Lipinski definition) is 9. The Morgan fingerprint density at radius 1 is 0.476 bits per heavy atom. The average Bonchev–Trinajstić information content (AvgIpc) is 3.27. The van der Waals surface area contributed by atoms with Gasteiger partial charge in [0.05, 0.1) is 19.8 Å². The second kappa shape index (κ2) is 47.6. The van der Waals surface area contributed by atoms with E-state index in [-0.39, 0.29) is 19.4 Å². The van der Waals surface area contributed by atoms with Crippen LogP contribution in [0.15, 0.2) is 60.8 Å². The van der Waals surface area contributed by atoms with Gasteiger partial charge in [0.25, 0.3) is 0 Å². The Morgan fingerprint density at radius 2 is 0.857 bits per heavy atom. The molecule has 0 amide bonds. The van der Waals surface area contributed by atoms with Gasteiger partial charge in [-0.05, 0) is 51.4 Å². The van der Waals surface area contributed by atoms with E-state index in [1.165, 1.54) is 135 Å². The standard InChI is InChI=1S/C52H93O10P/c1-3-5-7-9-11-13-15-17-19-21-23-24-26-28-30-32-34-36-38-40-42-44-52(56)62-50(48-61-63(57,58)60-46-49(54)45-53)47-59-51(55)43-41-39-37-35-33-31-29-27-25-22-20-18-16-14-12-10-8-6-4-2/h12,14,18,20,25,27,31,33,37,39,49-50,53-54H,3-11,13,15-17,19,21-24,26,28-30,32,34-36,38,40-48H2,1-2H3,(H,57,58)/b14-12+,20-18+,27-25+,33-31+,39-37+/t49-,50+/m0/s1. The molecule has 0 rings (SSSR count). The molecule has 0 fully saturated rings. The smallest absolute Gasteiger partial charge is 0.462 e. The van der Waals surface area contributed by atoms with E-state index in [0.717, 1.165) is 44.9 Å². The summed E-state index contributed by atoms with van der Waals surface area (Å²) in [6.07, 6.45) is 54.9. The van der Waals surface area contributed by atoms with Crippen LogP contribution in [-0.4, -0.2) is 65.7 Å². The summed E-state index contributed by atoms with van der Waals surface area (Å²) in [5.41, 5.74) is 0. The molecule has 0 saturated carbocycles. The molecule has 0 aromatic carbocycles. The van der Waals surface area contributed by atoms with Gasteiger partial charge >= 0.3 is 19.8 Å². The summed E-state index contributed by atoms with van der Waals surface area (Å²) in [5, 5.41) is 18.4. The van der Waals surface area contributed by atoms with Gasteiger partial charge in [0.1, 0.15) is 12.7 Å². The summed E-state index contributed by atoms with van der Waals surface area (Å²) in [4.78, 5) is 35.1. The molecule has 0 aromatic heterocycles. The second-order valence-corrected chi connectivity index (χ2v) is 18.3. The molecule has 0 radical (unpaired) electrons. The quantitative estimate of drug-likeness (QED) is 0.0233. The summed E-state index contributed by atoms with van der Waals surface area (Å²) < 4.78 is 32.8. The van der Waals surface area contributed by atoms with Crippen molar-refractivity contribution in [3.8, 4) is 0 Å². The SMILES string of the molecule is CCCCC/C=C/C/C=C/C/C=C/C/C=C/C/C=C/CCC(=O)OC[C@H](COP(=O)(O)OC[C@@H](O)CO)OC(=O)CCCCCCCCCCCCCCCCCCCCCCC. The van der Waals surface area contributed by atoms with Crippen LogP contribution >= 0.6 is 7.82 Å². The number of carbonyl (C=O) groups is 2. The Hall–Kier alpha value is -2.33. The van der Waals surface area contributed by atoms with Crippen LogP contribution in [0.5, 0.6) is 0 Å². The lowest BCUT2D eigenvalue weighted by molar-refractivity contribution is -0.161. The number of unbranched alkanes of at least 4 members (excludes halogenated alkanes) is 23. The molecule has 10 nitrogen and oxygen atoms in total. The molecular weight excluding hydrogens is 816 g/mol. The molecule has 1 unspecified atom stereocenters. The van der Waals surface area contributed by atoms with Crippen molar-refractivity contribution < 1.29 is 47.8 Å². The van der Waals surface area contributed by atoms with Crippen molar-refractivity contribution in [1.29, 1.82) is 0 Å². The largest absolute Gasteiger partial charge is 0.472 e. The fourth-order valence-corrected chi connectivity index (χ4v) is 7.59. The fraction of sp³-hybridized carbons (Fsp3) is 0.769. The van der Waals surface area contributed by atoms with Crippen molar-refractivity contribution in [2.75, 3.05) is 26.4 Å². The number of ether oxygens (including phenoxy) is 2. The summed E-state index contributed by atoms with van der Waals surface area (Å²) in [6, 6.07) is 0. The third-order valence-electron chi connectivity index (χ3n) is 10.7. The van der Waals surface area contributed by atoms with Gasteiger partial charge in [-0.2, -0.15) is 0 Å². The minimum absolute atomic E-state index is 0.118. The van der Waals surface area contributed by atoms with E-state index in [4.69, 9.17) is 23.6 Å². The van der Waals surface area contributed by atoms with Crippen molar-refractivity contribution in [3.63, 3.8) is 0 Å². The second-order valence-electron chi connectivity index (χ2n) is 16.8. The molecule has 3 atom stereocenters. The van der Waals surface area contributed by atoms with Gasteiger partial charge in [0.2, 0.25) is 0 Å². The Bertz CT molecular complexity index is 1230. The van der Waals surface area contributed by atoms with Crippen LogP contribution in [0.4, 0.5) is 0 Å². The zero-order valence-corrected chi connectivity index (χ0v) is 40.9. The van der Waals surface area contributed by atoms with E-state index in [0.29, 0.717) is 12.8 Å². The van der Waals surface area contributed by atoms with Crippen molar-refractivity contribution in [2.24, 2.45) is 0 Å². The fourth-order valence-electron chi connectivity index (χ4n) is 6.80. The number of phosphoric acid groups is 1. The number of phosphoric ester groups is 1. The Balaban J connectivity index is 4.28. The van der Waals surface area contributed by atoms with Gasteiger partial charge in [-0.25, -0.2) is 4.57 Å². The van der Waals surface area contributed by atoms with Crippen LogP contribution in [0.3, 0.4) is 0 Å². The lowest BCUT2D eigenvalue weighted by atomic mass is 10.0. The van der Waals surface area contributed by atoms with E-state index >= 15 is 0 Å². The van der Waals surface area contributed by atoms with Gasteiger partial charge in [-0.1, -0.05) is 216 Å². The molecule has 0 aliphatic rings. The maximum Gasteiger partial charge on any atom is 0.472 e. The highest BCUT2D eigenvalue weighted by molar-refractivity contribution is 7.47. The normalized spacial score (nSPS) is 14.2. The summed E-state index contributed by atoms with van der Waals surface area (Å²) in [7, 11) is -4.64. The van der Waals surface area contributed by atoms with Crippen molar-refractivity contribution in [2.45, 2.75) is 232 Å². The van der Waals surface area contributed by atoms with Crippen LogP contribution in [0.2, 0.25) is 0 Å². The molecule has 0 aromatic rings. The molecule has 0 saturated heterocycles. The van der Waals surface area contributed by atoms with Gasteiger partial charge in [-0.3, -0.25) is 18.6 Å². The molecule has 366 valence electrons. The van der Waals surface area contributed by atoms with Crippen molar-refractivity contribution in [3.05, 3.63) is 60.8 Å². The maximum atomic E-state index is 12.7. The lowest BCUT2D eigenvalue weighted by Gasteiger charge is -2.20. The van der Waals surface area contributed by atoms with E-state index in [9.17, 15) is 24.2 Å². The zero-order chi connectivity index (χ0) is 46.2. The van der Waals surface area contributed by atoms with Gasteiger partial charge in [0.15, 0.2) is 6.10 Å². The van der Waals surface area contributed by atoms with Crippen LogP contribution in [0.1, 0.15) is 219 Å². The molecule has 0 bridgehead atoms. The first-order valence-electron chi connectivity index (χ1n) is 25.2. The minimum Gasteiger partial charge on any atom is -0.462 e. The molecule has 3 N–H and O–H groups in total. The highest BCUT2D eigenvalue weighted by atomic mass is 31.2. The number of rotatable bonds is 47. The van der Waals surface area contributed by atoms with E-state index in [1.807, 2.05) is 12.2 Å². The number of esters is 2. The van der Waals surface area contributed by atoms with E-state index in [1.54, 1.807) is 0 Å². The first kappa shape index (κ1) is 60.7. The number of hydrogen-bond donors (Lipinski definition) is 3. The lowest BCUT2D eigenvalue weighted by Crippen LogP contribution is -2.29. The molecule has 0 aliphatic carbocycles. The third kappa shape index (κ3) is 47.5. The van der Waals surface area contributed by atoms with E-state index in [2.05, 4.69) is 62.5 Å². The maximum absolute atomic E-state index is 12.7. The van der Waals surface area contributed by atoms with Gasteiger partial charge in [-0.15, -0.1) is 0 Å². The molecule has 11 heteroatoms. The summed E-state index contributed by atoms with van der Waals surface area (Å²) in [6.45, 7) is 2.30. The van der Waals surface area contributed by atoms with Gasteiger partial charge < -0.3 is 24.6 Å². The van der Waals surface area contributed by atoms with Crippen LogP contribution in [0, 0.1) is 0 Å². The Kier molecular flexibility index (Phi) is 45.9. The number of allylic oxidation sites excluding steroid dienone is 10. The summed E-state index contributed by atoms with van der Waals surface area (Å²) >= 11 is 0. The molecule has 0 spiro atoms. The topological polar surface area (TPSA) is 149 Å². The molecule has 63 heavy (non-hydrogen) atoms. The van der Waals surface area contributed by atoms with E-state index < -0.39 is 51.8 Å². The van der Waals surface area contributed by atoms with Crippen molar-refractivity contribution >= 4 is 19.8 Å². The third-order valence-corrected chi connectivity index (χ3v) is 11.6.